The quantitative estimate of drug-likeness (QED) is 0.112. The van der Waals surface area contributed by atoms with Gasteiger partial charge in [-0.05, 0) is 123 Å². The molecule has 2 aliphatic heterocycles. The van der Waals surface area contributed by atoms with Crippen LogP contribution < -0.4 is 0 Å². The summed E-state index contributed by atoms with van der Waals surface area (Å²) >= 11 is 0. The number of hydrogen-bond acceptors (Lipinski definition) is 10. The Morgan fingerprint density at radius 3 is 0.724 bits per heavy atom. The molecule has 2 aliphatic rings. The fraction of sp³-hybridized carbons (Fsp3) is 0.231. The first-order valence-corrected chi connectivity index (χ1v) is 29.1. The van der Waals surface area contributed by atoms with Gasteiger partial charge < -0.3 is 9.97 Å². The summed E-state index contributed by atoms with van der Waals surface area (Å²) in [6.07, 6.45) is 0.0297. The van der Waals surface area contributed by atoms with Gasteiger partial charge in [-0.3, -0.25) is 9.97 Å². The maximum atomic E-state index is 16.7. The minimum atomic E-state index is -4.17. The summed E-state index contributed by atoms with van der Waals surface area (Å²) in [6.45, 7) is 0. The molecule has 9 rings (SSSR count). The number of sulfonamides is 4. The molecule has 0 radical (unpaired) electrons. The zero-order valence-electron chi connectivity index (χ0n) is 42.2. The van der Waals surface area contributed by atoms with Gasteiger partial charge in [0, 0.05) is 123 Å². The van der Waals surface area contributed by atoms with Crippen LogP contribution in [0.4, 0.5) is 17.6 Å². The minimum absolute atomic E-state index is 0.00743. The van der Waals surface area contributed by atoms with Crippen LogP contribution in [0.2, 0.25) is 0 Å². The molecule has 7 aromatic rings. The average molecular weight is 1120 g/mol. The second-order valence-corrected chi connectivity index (χ2v) is 27.4. The van der Waals surface area contributed by atoms with E-state index in [1.54, 1.807) is 0 Å². The highest BCUT2D eigenvalue weighted by Gasteiger charge is 2.30. The number of aromatic amines is 2. The predicted octanol–water partition coefficient (Wildman–Crippen LogP) is 8.11. The van der Waals surface area contributed by atoms with Crippen molar-refractivity contribution in [2.75, 3.05) is 56.4 Å². The van der Waals surface area contributed by atoms with Crippen LogP contribution in [0.25, 0.3) is 66.6 Å². The first-order valence-electron chi connectivity index (χ1n) is 23.3. The van der Waals surface area contributed by atoms with Crippen molar-refractivity contribution < 1.29 is 51.2 Å². The predicted molar refractivity (Wildman–Crippen MR) is 281 cm³/mol. The van der Waals surface area contributed by atoms with Gasteiger partial charge in [0.1, 0.15) is 23.3 Å². The molecule has 0 aliphatic carbocycles. The average Bonchev–Trinajstić information content (AvgIpc) is 4.23. The summed E-state index contributed by atoms with van der Waals surface area (Å²) in [5.41, 5.74) is 0.379. The number of nitrogens with one attached hydrogen (secondary N) is 2. The largest absolute Gasteiger partial charge is 0.354 e. The molecular formula is C52H50F4N8O8S4. The van der Waals surface area contributed by atoms with Crippen molar-refractivity contribution in [3.05, 3.63) is 143 Å². The summed E-state index contributed by atoms with van der Waals surface area (Å²) in [7, 11) is -6.20. The Bertz CT molecular complexity index is 3690. The summed E-state index contributed by atoms with van der Waals surface area (Å²) < 4.78 is 179. The molecule has 0 spiro atoms. The molecule has 0 saturated heterocycles. The van der Waals surface area contributed by atoms with E-state index in [0.29, 0.717) is 0 Å². The Labute approximate surface area is 437 Å². The van der Waals surface area contributed by atoms with Crippen LogP contribution in [0, 0.1) is 23.3 Å². The molecule has 3 aromatic heterocycles. The van der Waals surface area contributed by atoms with Gasteiger partial charge in [-0.2, -0.15) is 0 Å². The SMILES string of the molecule is CN(C)S(=O)(=O)c1ccc(F)c(-c2c3nc(c(-c4cc(S(=O)(=O)N(C)C)ccc4F)c4ccc([nH]4)c(-c4cc(S(=O)(=O)N(C)C)ccc4F)c4nc(c(-c5cc(S(=O)(=O)N(C)C)ccc5F)c5ccc2[nH]5)CC4)CC3)c1. The van der Waals surface area contributed by atoms with Gasteiger partial charge >= 0.3 is 0 Å². The molecule has 76 heavy (non-hydrogen) atoms. The normalized spacial score (nSPS) is 13.7. The van der Waals surface area contributed by atoms with E-state index in [4.69, 9.17) is 9.97 Å². The first kappa shape index (κ1) is 54.2. The number of hydrogen-bond donors (Lipinski definition) is 2. The standard InChI is InChI=1S/C52H50F4N8O8S4/c1-61(2)73(65,66)29-9-13-37(53)33(25-29)49-41-17-19-43(57-41)50(34-26-30(10-14-38(34)54)74(67,68)62(3)4)45-21-23-47(59-45)52(36-28-32(12-16-40(36)56)76(71,72)64(7)8)48-24-22-46(60-48)51(44-20-18-42(49)58-44)35-27-31(11-15-39(35)55)75(69,70)63(5)6/h9-17,19,22,24-28,57,60H,18,20-21,23H2,1-8H3. The second-order valence-electron chi connectivity index (χ2n) is 18.8. The molecule has 398 valence electrons. The van der Waals surface area contributed by atoms with Crippen LogP contribution in [0.1, 0.15) is 22.8 Å². The molecule has 0 atom stereocenters. The van der Waals surface area contributed by atoms with Crippen LogP contribution in [-0.4, -0.2) is 127 Å². The van der Waals surface area contributed by atoms with Gasteiger partial charge in [0.2, 0.25) is 40.1 Å². The maximum absolute atomic E-state index is 16.7. The number of H-pyrrole nitrogens is 2. The van der Waals surface area contributed by atoms with Gasteiger partial charge in [-0.1, -0.05) is 0 Å². The van der Waals surface area contributed by atoms with E-state index in [-0.39, 0.29) is 135 Å². The van der Waals surface area contributed by atoms with Gasteiger partial charge in [0.15, 0.2) is 0 Å². The maximum Gasteiger partial charge on any atom is 0.242 e. The molecule has 8 bridgehead atoms. The monoisotopic (exact) mass is 1120 g/mol. The van der Waals surface area contributed by atoms with Gasteiger partial charge in [-0.15, -0.1) is 0 Å². The van der Waals surface area contributed by atoms with Crippen molar-refractivity contribution in [2.24, 2.45) is 0 Å². The number of aromatic nitrogens is 4. The lowest BCUT2D eigenvalue weighted by Crippen LogP contribution is -2.22. The molecule has 0 fully saturated rings. The third-order valence-corrected chi connectivity index (χ3v) is 20.5. The van der Waals surface area contributed by atoms with E-state index in [0.717, 1.165) is 90.0 Å². The molecule has 16 nitrogen and oxygen atoms in total. The van der Waals surface area contributed by atoms with E-state index in [1.807, 2.05) is 0 Å². The number of nitrogens with zero attached hydrogens (tertiary/aromatic N) is 6. The molecule has 0 unspecified atom stereocenters. The number of fused-ring (bicyclic) bond motifs is 8. The van der Waals surface area contributed by atoms with Crippen LogP contribution >= 0.6 is 0 Å². The van der Waals surface area contributed by atoms with Crippen molar-refractivity contribution >= 4 is 62.2 Å². The summed E-state index contributed by atoms with van der Waals surface area (Å²) in [5.74, 6) is -3.47. The van der Waals surface area contributed by atoms with Crippen LogP contribution in [-0.2, 0) is 65.8 Å². The smallest absolute Gasteiger partial charge is 0.242 e. The molecule has 0 amide bonds. The lowest BCUT2D eigenvalue weighted by Gasteiger charge is -2.14. The fourth-order valence-electron chi connectivity index (χ4n) is 9.21. The Kier molecular flexibility index (Phi) is 14.1. The molecule has 4 aromatic carbocycles. The van der Waals surface area contributed by atoms with Crippen LogP contribution in [0.5, 0.6) is 0 Å². The van der Waals surface area contributed by atoms with E-state index in [9.17, 15) is 33.7 Å². The highest BCUT2D eigenvalue weighted by atomic mass is 32.2. The van der Waals surface area contributed by atoms with E-state index in [1.165, 1.54) is 80.6 Å². The van der Waals surface area contributed by atoms with E-state index < -0.39 is 63.4 Å². The van der Waals surface area contributed by atoms with E-state index >= 15 is 17.6 Å². The van der Waals surface area contributed by atoms with Crippen molar-refractivity contribution in [3.8, 4) is 44.5 Å². The molecule has 24 heteroatoms. The highest BCUT2D eigenvalue weighted by molar-refractivity contribution is 7.90. The molecular weight excluding hydrogens is 1070 g/mol. The summed E-state index contributed by atoms with van der Waals surface area (Å²) in [5, 5.41) is 0. The molecule has 5 heterocycles. The van der Waals surface area contributed by atoms with Crippen molar-refractivity contribution in [1.29, 1.82) is 0 Å². The Morgan fingerprint density at radius 2 is 0.539 bits per heavy atom. The third-order valence-electron chi connectivity index (χ3n) is 13.3. The first-order chi connectivity index (χ1) is 35.6. The molecule has 2 N–H and O–H groups in total. The Balaban J connectivity index is 1.53. The number of rotatable bonds is 12. The minimum Gasteiger partial charge on any atom is -0.354 e. The summed E-state index contributed by atoms with van der Waals surface area (Å²) in [4.78, 5) is 15.5. The lowest BCUT2D eigenvalue weighted by atomic mass is 10.00. The van der Waals surface area contributed by atoms with Crippen molar-refractivity contribution in [1.82, 2.24) is 37.2 Å². The van der Waals surface area contributed by atoms with Crippen LogP contribution in [0.15, 0.2) is 117 Å². The topological polar surface area (TPSA) is 207 Å². The number of aryl methyl sites for hydroxylation is 4. The summed E-state index contributed by atoms with van der Waals surface area (Å²) in [6, 6.07) is 19.1. The third kappa shape index (κ3) is 9.43. The van der Waals surface area contributed by atoms with E-state index in [2.05, 4.69) is 9.97 Å². The zero-order valence-corrected chi connectivity index (χ0v) is 45.4. The van der Waals surface area contributed by atoms with Crippen LogP contribution in [0.3, 0.4) is 0 Å². The highest BCUT2D eigenvalue weighted by Crippen LogP contribution is 2.42. The Morgan fingerprint density at radius 1 is 0.342 bits per heavy atom. The number of benzene rings is 4. The van der Waals surface area contributed by atoms with Gasteiger partial charge in [0.25, 0.3) is 0 Å². The fourth-order valence-corrected chi connectivity index (χ4v) is 12.9. The molecule has 0 saturated carbocycles. The Hall–Kier alpha value is -6.64. The zero-order chi connectivity index (χ0) is 55.1. The van der Waals surface area contributed by atoms with Gasteiger partial charge in [0.05, 0.1) is 42.4 Å². The van der Waals surface area contributed by atoms with Gasteiger partial charge in [-0.25, -0.2) is 68.5 Å². The number of halogens is 4. The van der Waals surface area contributed by atoms with Crippen molar-refractivity contribution in [3.63, 3.8) is 0 Å². The lowest BCUT2D eigenvalue weighted by molar-refractivity contribution is 0.519. The second kappa shape index (κ2) is 19.7. The van der Waals surface area contributed by atoms with Crippen molar-refractivity contribution in [2.45, 2.75) is 45.3 Å².